The minimum absolute atomic E-state index is 0.779. The monoisotopic (exact) mass is 169 g/mol. The first-order chi connectivity index (χ1) is 5.52. The molecule has 0 bridgehead atoms. The Hall–Kier alpha value is -0.0400. The first-order valence-electron chi connectivity index (χ1n) is 5.24. The Morgan fingerprint density at radius 1 is 1.17 bits per heavy atom. The molecule has 1 heterocycles. The molecule has 3 unspecified atom stereocenters. The van der Waals surface area contributed by atoms with Crippen LogP contribution in [0, 0.1) is 11.8 Å². The second kappa shape index (κ2) is 3.78. The molecule has 1 nitrogen and oxygen atoms in total. The molecule has 1 aliphatic heterocycles. The SMILES string of the molecule is CC1CC(C)N(C)C(C(C)C)C1. The van der Waals surface area contributed by atoms with Crippen LogP contribution >= 0.6 is 0 Å². The van der Waals surface area contributed by atoms with Gasteiger partial charge in [-0.3, -0.25) is 0 Å². The number of nitrogens with zero attached hydrogens (tertiary/aromatic N) is 1. The van der Waals surface area contributed by atoms with Gasteiger partial charge in [-0.05, 0) is 38.6 Å². The Morgan fingerprint density at radius 2 is 1.75 bits per heavy atom. The Kier molecular flexibility index (Phi) is 3.16. The second-order valence-corrected chi connectivity index (χ2v) is 4.90. The number of hydrogen-bond donors (Lipinski definition) is 0. The topological polar surface area (TPSA) is 3.24 Å². The number of likely N-dealkylation sites (tertiary alicyclic amines) is 1. The molecule has 1 aliphatic rings. The summed E-state index contributed by atoms with van der Waals surface area (Å²) >= 11 is 0. The van der Waals surface area contributed by atoms with Crippen molar-refractivity contribution in [2.24, 2.45) is 11.8 Å². The van der Waals surface area contributed by atoms with Gasteiger partial charge >= 0.3 is 0 Å². The third kappa shape index (κ3) is 2.01. The van der Waals surface area contributed by atoms with Crippen molar-refractivity contribution in [1.82, 2.24) is 4.90 Å². The van der Waals surface area contributed by atoms with E-state index in [1.54, 1.807) is 0 Å². The number of piperidine rings is 1. The molecule has 1 rings (SSSR count). The van der Waals surface area contributed by atoms with E-state index >= 15 is 0 Å². The molecule has 0 amide bonds. The largest absolute Gasteiger partial charge is 0.300 e. The van der Waals surface area contributed by atoms with E-state index < -0.39 is 0 Å². The minimum Gasteiger partial charge on any atom is -0.300 e. The van der Waals surface area contributed by atoms with Gasteiger partial charge in [0, 0.05) is 12.1 Å². The van der Waals surface area contributed by atoms with Gasteiger partial charge in [0.2, 0.25) is 0 Å². The molecule has 0 saturated carbocycles. The normalized spacial score (nSPS) is 39.0. The molecule has 0 spiro atoms. The van der Waals surface area contributed by atoms with Gasteiger partial charge in [0.1, 0.15) is 0 Å². The molecule has 12 heavy (non-hydrogen) atoms. The molecule has 1 heteroatoms. The molecule has 0 radical (unpaired) electrons. The van der Waals surface area contributed by atoms with Crippen LogP contribution in [-0.4, -0.2) is 24.0 Å². The molecular formula is C11H23N. The van der Waals surface area contributed by atoms with Crippen molar-refractivity contribution in [3.63, 3.8) is 0 Å². The highest BCUT2D eigenvalue weighted by atomic mass is 15.2. The molecule has 0 N–H and O–H groups in total. The first kappa shape index (κ1) is 10.0. The lowest BCUT2D eigenvalue weighted by molar-refractivity contribution is 0.0655. The van der Waals surface area contributed by atoms with E-state index in [0.29, 0.717) is 0 Å². The lowest BCUT2D eigenvalue weighted by Gasteiger charge is -2.43. The van der Waals surface area contributed by atoms with Crippen LogP contribution in [-0.2, 0) is 0 Å². The van der Waals surface area contributed by atoms with Crippen molar-refractivity contribution in [1.29, 1.82) is 0 Å². The van der Waals surface area contributed by atoms with Crippen LogP contribution in [0.4, 0.5) is 0 Å². The minimum atomic E-state index is 0.779. The standard InChI is InChI=1S/C11H23N/c1-8(2)11-7-9(3)6-10(4)12(11)5/h8-11H,6-7H2,1-5H3. The van der Waals surface area contributed by atoms with Gasteiger partial charge in [-0.15, -0.1) is 0 Å². The third-order valence-electron chi connectivity index (χ3n) is 3.38. The quantitative estimate of drug-likeness (QED) is 0.583. The molecule has 3 atom stereocenters. The van der Waals surface area contributed by atoms with Crippen molar-refractivity contribution < 1.29 is 0 Å². The van der Waals surface area contributed by atoms with Crippen LogP contribution in [0.1, 0.15) is 40.5 Å². The maximum Gasteiger partial charge on any atom is 0.0121 e. The van der Waals surface area contributed by atoms with Crippen LogP contribution < -0.4 is 0 Å². The zero-order valence-electron chi connectivity index (χ0n) is 9.17. The zero-order valence-corrected chi connectivity index (χ0v) is 9.17. The predicted octanol–water partition coefficient (Wildman–Crippen LogP) is 2.76. The molecular weight excluding hydrogens is 146 g/mol. The van der Waals surface area contributed by atoms with Crippen LogP contribution in [0.15, 0.2) is 0 Å². The predicted molar refractivity (Wildman–Crippen MR) is 54.2 cm³/mol. The second-order valence-electron chi connectivity index (χ2n) is 4.90. The lowest BCUT2D eigenvalue weighted by Crippen LogP contribution is -2.47. The number of rotatable bonds is 1. The van der Waals surface area contributed by atoms with Crippen LogP contribution in [0.2, 0.25) is 0 Å². The fourth-order valence-corrected chi connectivity index (χ4v) is 2.49. The Balaban J connectivity index is 2.60. The van der Waals surface area contributed by atoms with E-state index in [1.165, 1.54) is 12.8 Å². The molecule has 0 aromatic rings. The van der Waals surface area contributed by atoms with E-state index in [0.717, 1.165) is 23.9 Å². The van der Waals surface area contributed by atoms with Crippen molar-refractivity contribution >= 4 is 0 Å². The Morgan fingerprint density at radius 3 is 2.25 bits per heavy atom. The zero-order chi connectivity index (χ0) is 9.30. The molecule has 0 aromatic carbocycles. The summed E-state index contributed by atoms with van der Waals surface area (Å²) in [7, 11) is 2.28. The molecule has 0 aliphatic carbocycles. The smallest absolute Gasteiger partial charge is 0.0121 e. The summed E-state index contributed by atoms with van der Waals surface area (Å²) in [6, 6.07) is 1.59. The Labute approximate surface area is 77.1 Å². The van der Waals surface area contributed by atoms with Gasteiger partial charge in [-0.25, -0.2) is 0 Å². The van der Waals surface area contributed by atoms with Gasteiger partial charge < -0.3 is 4.90 Å². The number of hydrogen-bond acceptors (Lipinski definition) is 1. The average molecular weight is 169 g/mol. The van der Waals surface area contributed by atoms with E-state index in [-0.39, 0.29) is 0 Å². The summed E-state index contributed by atoms with van der Waals surface area (Å²) in [4.78, 5) is 2.56. The van der Waals surface area contributed by atoms with Crippen molar-refractivity contribution in [3.05, 3.63) is 0 Å². The van der Waals surface area contributed by atoms with E-state index in [4.69, 9.17) is 0 Å². The maximum atomic E-state index is 2.56. The average Bonchev–Trinajstić information content (AvgIpc) is 1.96. The highest BCUT2D eigenvalue weighted by Gasteiger charge is 2.30. The molecule has 1 fully saturated rings. The van der Waals surface area contributed by atoms with E-state index in [9.17, 15) is 0 Å². The summed E-state index contributed by atoms with van der Waals surface area (Å²) in [5.41, 5.74) is 0. The fraction of sp³-hybridized carbons (Fsp3) is 1.00. The maximum absolute atomic E-state index is 2.56. The highest BCUT2D eigenvalue weighted by molar-refractivity contribution is 4.84. The Bertz CT molecular complexity index is 142. The molecule has 0 aromatic heterocycles. The van der Waals surface area contributed by atoms with Gasteiger partial charge in [0.25, 0.3) is 0 Å². The van der Waals surface area contributed by atoms with Crippen molar-refractivity contribution in [2.75, 3.05) is 7.05 Å². The first-order valence-corrected chi connectivity index (χ1v) is 5.24. The van der Waals surface area contributed by atoms with Gasteiger partial charge in [0.15, 0.2) is 0 Å². The van der Waals surface area contributed by atoms with Crippen molar-refractivity contribution in [3.8, 4) is 0 Å². The van der Waals surface area contributed by atoms with Crippen LogP contribution in [0.25, 0.3) is 0 Å². The summed E-state index contributed by atoms with van der Waals surface area (Å²) in [5, 5.41) is 0. The summed E-state index contributed by atoms with van der Waals surface area (Å²) in [5.74, 6) is 1.73. The van der Waals surface area contributed by atoms with E-state index in [1.807, 2.05) is 0 Å². The lowest BCUT2D eigenvalue weighted by atomic mass is 9.83. The summed E-state index contributed by atoms with van der Waals surface area (Å²) in [6.07, 6.45) is 2.76. The molecule has 72 valence electrons. The van der Waals surface area contributed by atoms with Crippen molar-refractivity contribution in [2.45, 2.75) is 52.6 Å². The highest BCUT2D eigenvalue weighted by Crippen LogP contribution is 2.29. The van der Waals surface area contributed by atoms with Gasteiger partial charge in [-0.1, -0.05) is 20.8 Å². The van der Waals surface area contributed by atoms with Crippen LogP contribution in [0.3, 0.4) is 0 Å². The summed E-state index contributed by atoms with van der Waals surface area (Å²) in [6.45, 7) is 9.42. The molecule has 1 saturated heterocycles. The van der Waals surface area contributed by atoms with Crippen LogP contribution in [0.5, 0.6) is 0 Å². The third-order valence-corrected chi connectivity index (χ3v) is 3.38. The van der Waals surface area contributed by atoms with Gasteiger partial charge in [0.05, 0.1) is 0 Å². The van der Waals surface area contributed by atoms with Gasteiger partial charge in [-0.2, -0.15) is 0 Å². The fourth-order valence-electron chi connectivity index (χ4n) is 2.49. The summed E-state index contributed by atoms with van der Waals surface area (Å²) < 4.78 is 0. The van der Waals surface area contributed by atoms with E-state index in [2.05, 4.69) is 39.6 Å².